The molecule has 1 aliphatic rings. The molecule has 0 aliphatic carbocycles. The Bertz CT molecular complexity index is 2140. The number of rotatable bonds is 3. The Balaban J connectivity index is 0.000000189. The molecule has 0 unspecified atom stereocenters. The van der Waals surface area contributed by atoms with E-state index >= 15 is 0 Å². The minimum absolute atomic E-state index is 0. The Labute approximate surface area is 270 Å². The number of hydrogen-bond acceptors (Lipinski definition) is 3. The third-order valence-corrected chi connectivity index (χ3v) is 7.96. The van der Waals surface area contributed by atoms with Gasteiger partial charge < -0.3 is 19.2 Å². The van der Waals surface area contributed by atoms with Crippen LogP contribution in [0.2, 0.25) is 0 Å². The summed E-state index contributed by atoms with van der Waals surface area (Å²) in [7, 11) is 0. The van der Waals surface area contributed by atoms with Crippen LogP contribution in [-0.4, -0.2) is 9.38 Å². The van der Waals surface area contributed by atoms with Gasteiger partial charge in [0.25, 0.3) is 0 Å². The van der Waals surface area contributed by atoms with Gasteiger partial charge in [0.1, 0.15) is 0 Å². The SMILES string of the molecule is Cc1ccc(-c2[c-]cccc2)nc1.[Ir+3].[c-]1c(N2C=CN(c3ccccc3)[CH-]2)cc2c3ccccc3n3c4ccccc4c1c23. The number of nitrogens with zero attached hydrogens (tertiary/aromatic N) is 4. The average Bonchev–Trinajstić information content (AvgIpc) is 3.78. The summed E-state index contributed by atoms with van der Waals surface area (Å²) < 4.78 is 2.38. The fourth-order valence-corrected chi connectivity index (χ4v) is 5.91. The maximum atomic E-state index is 4.32. The zero-order valence-electron chi connectivity index (χ0n) is 24.0. The fraction of sp³-hybridized carbons (Fsp3) is 0.0256. The Morgan fingerprint density at radius 2 is 1.39 bits per heavy atom. The Morgan fingerprint density at radius 3 is 2.14 bits per heavy atom. The van der Waals surface area contributed by atoms with Crippen LogP contribution in [0.15, 0.2) is 140 Å². The Hall–Kier alpha value is -4.96. The minimum atomic E-state index is 0. The average molecular weight is 744 g/mol. The summed E-state index contributed by atoms with van der Waals surface area (Å²) in [6, 6.07) is 48.7. The number of hydrogen-bond donors (Lipinski definition) is 0. The zero-order valence-corrected chi connectivity index (χ0v) is 26.4. The van der Waals surface area contributed by atoms with E-state index in [0.29, 0.717) is 0 Å². The van der Waals surface area contributed by atoms with Gasteiger partial charge in [-0.05, 0) is 65.7 Å². The van der Waals surface area contributed by atoms with Crippen LogP contribution in [0.4, 0.5) is 11.4 Å². The van der Waals surface area contributed by atoms with Gasteiger partial charge in [-0.15, -0.1) is 60.1 Å². The first-order valence-corrected chi connectivity index (χ1v) is 14.4. The molecule has 8 aromatic rings. The second-order valence-corrected chi connectivity index (χ2v) is 10.7. The molecule has 212 valence electrons. The van der Waals surface area contributed by atoms with Crippen LogP contribution in [-0.2, 0) is 20.1 Å². The van der Waals surface area contributed by atoms with Gasteiger partial charge in [0.05, 0.1) is 0 Å². The monoisotopic (exact) mass is 744 g/mol. The van der Waals surface area contributed by atoms with Crippen molar-refractivity contribution < 1.29 is 20.1 Å². The van der Waals surface area contributed by atoms with Crippen molar-refractivity contribution in [2.75, 3.05) is 9.80 Å². The smallest absolute Gasteiger partial charge is 0.495 e. The van der Waals surface area contributed by atoms with Crippen LogP contribution in [0.5, 0.6) is 0 Å². The predicted molar refractivity (Wildman–Crippen MR) is 178 cm³/mol. The van der Waals surface area contributed by atoms with Gasteiger partial charge in [0.2, 0.25) is 0 Å². The molecule has 3 aromatic heterocycles. The molecule has 0 radical (unpaired) electrons. The fourth-order valence-electron chi connectivity index (χ4n) is 5.91. The molecule has 0 N–H and O–H groups in total. The molecule has 1 aliphatic heterocycles. The Morgan fingerprint density at radius 1 is 0.682 bits per heavy atom. The molecule has 0 amide bonds. The van der Waals surface area contributed by atoms with Crippen LogP contribution >= 0.6 is 0 Å². The number of benzene rings is 5. The molecule has 4 nitrogen and oxygen atoms in total. The number of aromatic nitrogens is 2. The number of para-hydroxylation sites is 3. The summed E-state index contributed by atoms with van der Waals surface area (Å²) in [4.78, 5) is 8.60. The van der Waals surface area contributed by atoms with E-state index in [1.54, 1.807) is 0 Å². The quantitative estimate of drug-likeness (QED) is 0.169. The van der Waals surface area contributed by atoms with Gasteiger partial charge in [0.15, 0.2) is 0 Å². The van der Waals surface area contributed by atoms with E-state index in [9.17, 15) is 0 Å². The van der Waals surface area contributed by atoms with Crippen LogP contribution < -0.4 is 9.80 Å². The normalized spacial score (nSPS) is 12.7. The maximum Gasteiger partial charge on any atom is 3.00 e. The molecule has 0 bridgehead atoms. The van der Waals surface area contributed by atoms with Crippen molar-refractivity contribution in [1.82, 2.24) is 9.38 Å². The van der Waals surface area contributed by atoms with Crippen molar-refractivity contribution in [2.24, 2.45) is 0 Å². The topological polar surface area (TPSA) is 23.8 Å². The summed E-state index contributed by atoms with van der Waals surface area (Å²) in [5.74, 6) is 0. The second-order valence-electron chi connectivity index (χ2n) is 10.7. The first-order chi connectivity index (χ1) is 21.2. The molecule has 0 saturated carbocycles. The van der Waals surface area contributed by atoms with E-state index < -0.39 is 0 Å². The molecular weight excluding hydrogens is 717 g/mol. The second kappa shape index (κ2) is 11.6. The Kier molecular flexibility index (Phi) is 7.35. The van der Waals surface area contributed by atoms with E-state index in [1.807, 2.05) is 49.5 Å². The third kappa shape index (κ3) is 4.81. The number of anilines is 2. The summed E-state index contributed by atoms with van der Waals surface area (Å²) in [6.07, 6.45) is 6.05. The van der Waals surface area contributed by atoms with E-state index in [4.69, 9.17) is 0 Å². The van der Waals surface area contributed by atoms with E-state index in [2.05, 4.69) is 135 Å². The molecule has 0 atom stereocenters. The minimum Gasteiger partial charge on any atom is -0.495 e. The van der Waals surface area contributed by atoms with Crippen molar-refractivity contribution in [1.29, 1.82) is 0 Å². The number of aryl methyl sites for hydroxylation is 1. The maximum absolute atomic E-state index is 4.32. The van der Waals surface area contributed by atoms with Gasteiger partial charge >= 0.3 is 20.1 Å². The molecule has 0 saturated heterocycles. The summed E-state index contributed by atoms with van der Waals surface area (Å²) >= 11 is 0. The molecule has 0 spiro atoms. The number of pyridine rings is 1. The third-order valence-electron chi connectivity index (χ3n) is 7.96. The number of fused-ring (bicyclic) bond motifs is 6. The zero-order chi connectivity index (χ0) is 28.8. The summed E-state index contributed by atoms with van der Waals surface area (Å²) in [5.41, 5.74) is 9.13. The predicted octanol–water partition coefficient (Wildman–Crippen LogP) is 9.41. The van der Waals surface area contributed by atoms with Gasteiger partial charge in [0, 0.05) is 22.9 Å². The van der Waals surface area contributed by atoms with Crippen LogP contribution in [0.25, 0.3) is 49.4 Å². The largest absolute Gasteiger partial charge is 3.00 e. The molecular formula is C39H27IrN4. The van der Waals surface area contributed by atoms with E-state index in [1.165, 1.54) is 43.7 Å². The van der Waals surface area contributed by atoms with Crippen LogP contribution in [0.1, 0.15) is 5.56 Å². The van der Waals surface area contributed by atoms with Crippen molar-refractivity contribution in [3.8, 4) is 11.3 Å². The molecule has 5 heteroatoms. The van der Waals surface area contributed by atoms with Crippen molar-refractivity contribution in [3.63, 3.8) is 0 Å². The van der Waals surface area contributed by atoms with Crippen LogP contribution in [0, 0.1) is 25.7 Å². The van der Waals surface area contributed by atoms with Gasteiger partial charge in [-0.25, -0.2) is 0 Å². The molecule has 9 rings (SSSR count). The van der Waals surface area contributed by atoms with Crippen LogP contribution in [0.3, 0.4) is 0 Å². The summed E-state index contributed by atoms with van der Waals surface area (Å²) in [5, 5.41) is 4.97. The standard InChI is InChI=1S/C27H17N3.C12H10N.Ir/c1-2-8-19(9-3-1)28-14-15-29(18-28)20-16-23-21-10-4-6-12-25(21)30-26-13-7-5-11-22(26)24(17-20)27(23)30;1-10-7-8-12(13-9-10)11-5-3-2-4-6-11;/h1-16,18H;2-5,7-9H,1H3;/q-2;-1;+3. The van der Waals surface area contributed by atoms with E-state index in [0.717, 1.165) is 22.6 Å². The summed E-state index contributed by atoms with van der Waals surface area (Å²) in [6.45, 7) is 4.14. The van der Waals surface area contributed by atoms with Gasteiger partial charge in [-0.1, -0.05) is 83.2 Å². The molecule has 5 aromatic carbocycles. The van der Waals surface area contributed by atoms with Gasteiger partial charge in [-0.3, -0.25) is 0 Å². The van der Waals surface area contributed by atoms with Crippen molar-refractivity contribution in [2.45, 2.75) is 6.92 Å². The van der Waals surface area contributed by atoms with Gasteiger partial charge in [-0.2, -0.15) is 0 Å². The van der Waals surface area contributed by atoms with E-state index in [-0.39, 0.29) is 20.1 Å². The molecule has 4 heterocycles. The first-order valence-electron chi connectivity index (χ1n) is 14.4. The molecule has 44 heavy (non-hydrogen) atoms. The molecule has 0 fully saturated rings. The van der Waals surface area contributed by atoms with Crippen molar-refractivity contribution in [3.05, 3.63) is 164 Å². The first kappa shape index (κ1) is 27.8. The van der Waals surface area contributed by atoms with Crippen molar-refractivity contribution >= 4 is 49.5 Å².